The second-order valence-corrected chi connectivity index (χ2v) is 7.48. The van der Waals surface area contributed by atoms with Gasteiger partial charge in [-0.15, -0.1) is 0 Å². The molecule has 2 unspecified atom stereocenters. The summed E-state index contributed by atoms with van der Waals surface area (Å²) in [6, 6.07) is 14.7. The summed E-state index contributed by atoms with van der Waals surface area (Å²) < 4.78 is 5.57. The number of benzene rings is 2. The Bertz CT molecular complexity index is 912. The summed E-state index contributed by atoms with van der Waals surface area (Å²) >= 11 is 0. The van der Waals surface area contributed by atoms with Gasteiger partial charge in [-0.25, -0.2) is 0 Å². The van der Waals surface area contributed by atoms with Crippen LogP contribution in [0.1, 0.15) is 34.6 Å². The summed E-state index contributed by atoms with van der Waals surface area (Å²) in [4.78, 5) is 40.5. The number of nitrogens with zero attached hydrogens (tertiary/aromatic N) is 2. The zero-order valence-electron chi connectivity index (χ0n) is 16.4. The van der Waals surface area contributed by atoms with Crippen LogP contribution in [0.4, 0.5) is 11.4 Å². The number of nitrogens with one attached hydrogen (secondary N) is 1. The first kappa shape index (κ1) is 19.1. The lowest BCUT2D eigenvalue weighted by atomic mass is 10.1. The van der Waals surface area contributed by atoms with Crippen molar-refractivity contribution in [2.45, 2.75) is 25.9 Å². The first-order valence-electron chi connectivity index (χ1n) is 9.67. The number of hydrogen-bond acceptors (Lipinski definition) is 5. The second-order valence-electron chi connectivity index (χ2n) is 7.48. The van der Waals surface area contributed by atoms with Gasteiger partial charge in [0, 0.05) is 23.5 Å². The van der Waals surface area contributed by atoms with Gasteiger partial charge in [0.15, 0.2) is 0 Å². The number of morpholine rings is 1. The van der Waals surface area contributed by atoms with Crippen molar-refractivity contribution >= 4 is 29.1 Å². The smallest absolute Gasteiger partial charge is 0.262 e. The van der Waals surface area contributed by atoms with Crippen LogP contribution in [-0.2, 0) is 9.53 Å². The van der Waals surface area contributed by atoms with E-state index >= 15 is 0 Å². The summed E-state index contributed by atoms with van der Waals surface area (Å²) in [6.07, 6.45) is 0. The highest BCUT2D eigenvalue weighted by Crippen LogP contribution is 2.26. The molecule has 7 heteroatoms. The number of hydrogen-bond donors (Lipinski definition) is 1. The summed E-state index contributed by atoms with van der Waals surface area (Å²) in [6.45, 7) is 5.29. The molecule has 29 heavy (non-hydrogen) atoms. The highest BCUT2D eigenvalue weighted by molar-refractivity contribution is 6.22. The zero-order chi connectivity index (χ0) is 20.5. The third-order valence-electron chi connectivity index (χ3n) is 5.30. The van der Waals surface area contributed by atoms with Gasteiger partial charge in [0.2, 0.25) is 5.91 Å². The van der Waals surface area contributed by atoms with Crippen LogP contribution in [0.15, 0.2) is 48.5 Å². The fraction of sp³-hybridized carbons (Fsp3) is 0.318. The number of amides is 3. The molecule has 2 heterocycles. The Morgan fingerprint density at radius 1 is 0.966 bits per heavy atom. The van der Waals surface area contributed by atoms with Crippen LogP contribution in [0.3, 0.4) is 0 Å². The SMILES string of the molecule is CC1COCC(C)N1c1ccc(NC(=O)CN2C(=O)c3ccccc3C2=O)cc1. The van der Waals surface area contributed by atoms with Crippen molar-refractivity contribution in [2.75, 3.05) is 30.0 Å². The normalized spacial score (nSPS) is 21.3. The van der Waals surface area contributed by atoms with E-state index in [0.717, 1.165) is 10.6 Å². The summed E-state index contributed by atoms with van der Waals surface area (Å²) in [7, 11) is 0. The van der Waals surface area contributed by atoms with Crippen LogP contribution in [0.5, 0.6) is 0 Å². The zero-order valence-corrected chi connectivity index (χ0v) is 16.4. The Balaban J connectivity index is 1.41. The van der Waals surface area contributed by atoms with Crippen LogP contribution >= 0.6 is 0 Å². The molecule has 0 aromatic heterocycles. The number of carbonyl (C=O) groups is 3. The van der Waals surface area contributed by atoms with E-state index in [0.29, 0.717) is 30.0 Å². The Hall–Kier alpha value is -3.19. The molecule has 0 radical (unpaired) electrons. The number of imide groups is 1. The van der Waals surface area contributed by atoms with Gasteiger partial charge < -0.3 is 15.0 Å². The summed E-state index contributed by atoms with van der Waals surface area (Å²) in [5, 5.41) is 2.76. The average molecular weight is 393 g/mol. The largest absolute Gasteiger partial charge is 0.377 e. The van der Waals surface area contributed by atoms with Crippen LogP contribution in [-0.4, -0.2) is 54.5 Å². The van der Waals surface area contributed by atoms with E-state index in [9.17, 15) is 14.4 Å². The Kier molecular flexibility index (Phi) is 5.07. The fourth-order valence-corrected chi connectivity index (χ4v) is 3.96. The quantitative estimate of drug-likeness (QED) is 0.808. The van der Waals surface area contributed by atoms with Crippen molar-refractivity contribution in [2.24, 2.45) is 0 Å². The van der Waals surface area contributed by atoms with E-state index < -0.39 is 17.7 Å². The molecule has 4 rings (SSSR count). The molecular weight excluding hydrogens is 370 g/mol. The van der Waals surface area contributed by atoms with Gasteiger partial charge in [-0.1, -0.05) is 12.1 Å². The predicted molar refractivity (Wildman–Crippen MR) is 109 cm³/mol. The fourth-order valence-electron chi connectivity index (χ4n) is 3.96. The highest BCUT2D eigenvalue weighted by Gasteiger charge is 2.36. The molecule has 1 N–H and O–H groups in total. The topological polar surface area (TPSA) is 79.0 Å². The Morgan fingerprint density at radius 2 is 1.52 bits per heavy atom. The van der Waals surface area contributed by atoms with Crippen LogP contribution in [0, 0.1) is 0 Å². The molecular formula is C22H23N3O4. The molecule has 7 nitrogen and oxygen atoms in total. The monoisotopic (exact) mass is 393 g/mol. The molecule has 2 aromatic carbocycles. The molecule has 0 bridgehead atoms. The van der Waals surface area contributed by atoms with Crippen molar-refractivity contribution in [1.29, 1.82) is 0 Å². The van der Waals surface area contributed by atoms with E-state index in [1.165, 1.54) is 0 Å². The molecule has 0 aliphatic carbocycles. The second kappa shape index (κ2) is 7.67. The van der Waals surface area contributed by atoms with Gasteiger partial charge in [0.25, 0.3) is 11.8 Å². The third kappa shape index (κ3) is 3.61. The van der Waals surface area contributed by atoms with Crippen molar-refractivity contribution in [3.05, 3.63) is 59.7 Å². The van der Waals surface area contributed by atoms with Gasteiger partial charge in [-0.2, -0.15) is 0 Å². The van der Waals surface area contributed by atoms with Crippen molar-refractivity contribution < 1.29 is 19.1 Å². The lowest BCUT2D eigenvalue weighted by Gasteiger charge is -2.40. The number of anilines is 2. The summed E-state index contributed by atoms with van der Waals surface area (Å²) in [5.74, 6) is -1.29. The van der Waals surface area contributed by atoms with Crippen LogP contribution in [0.2, 0.25) is 0 Å². The number of carbonyl (C=O) groups excluding carboxylic acids is 3. The first-order valence-corrected chi connectivity index (χ1v) is 9.67. The maximum atomic E-state index is 12.4. The minimum Gasteiger partial charge on any atom is -0.377 e. The van der Waals surface area contributed by atoms with E-state index in [4.69, 9.17) is 4.74 Å². The third-order valence-corrected chi connectivity index (χ3v) is 5.30. The van der Waals surface area contributed by atoms with E-state index in [1.54, 1.807) is 24.3 Å². The summed E-state index contributed by atoms with van der Waals surface area (Å²) in [5.41, 5.74) is 2.35. The van der Waals surface area contributed by atoms with Crippen LogP contribution in [0.25, 0.3) is 0 Å². The van der Waals surface area contributed by atoms with Gasteiger partial charge in [0.05, 0.1) is 24.3 Å². The first-order chi connectivity index (χ1) is 14.0. The van der Waals surface area contributed by atoms with Gasteiger partial charge in [-0.05, 0) is 50.2 Å². The minimum atomic E-state index is -0.439. The maximum absolute atomic E-state index is 12.4. The van der Waals surface area contributed by atoms with Gasteiger partial charge in [-0.3, -0.25) is 19.3 Å². The minimum absolute atomic E-state index is 0.271. The van der Waals surface area contributed by atoms with E-state index in [-0.39, 0.29) is 18.6 Å². The lowest BCUT2D eigenvalue weighted by Crippen LogP contribution is -2.49. The van der Waals surface area contributed by atoms with E-state index in [1.807, 2.05) is 24.3 Å². The van der Waals surface area contributed by atoms with Crippen LogP contribution < -0.4 is 10.2 Å². The number of rotatable bonds is 4. The molecule has 0 spiro atoms. The molecule has 1 saturated heterocycles. The van der Waals surface area contributed by atoms with Gasteiger partial charge in [0.1, 0.15) is 6.54 Å². The molecule has 2 atom stereocenters. The van der Waals surface area contributed by atoms with Crippen molar-refractivity contribution in [3.63, 3.8) is 0 Å². The molecule has 2 aliphatic rings. The van der Waals surface area contributed by atoms with Crippen molar-refractivity contribution in [3.8, 4) is 0 Å². The number of fused-ring (bicyclic) bond motifs is 1. The maximum Gasteiger partial charge on any atom is 0.262 e. The molecule has 2 aromatic rings. The lowest BCUT2D eigenvalue weighted by molar-refractivity contribution is -0.116. The van der Waals surface area contributed by atoms with Crippen molar-refractivity contribution in [1.82, 2.24) is 4.90 Å². The Labute approximate surface area is 169 Å². The average Bonchev–Trinajstić information content (AvgIpc) is 2.94. The number of ether oxygens (including phenoxy) is 1. The Morgan fingerprint density at radius 3 is 2.07 bits per heavy atom. The molecule has 2 aliphatic heterocycles. The van der Waals surface area contributed by atoms with E-state index in [2.05, 4.69) is 24.1 Å². The molecule has 3 amide bonds. The standard InChI is InChI=1S/C22H23N3O4/c1-14-12-29-13-15(2)25(14)17-9-7-16(8-10-17)23-20(26)11-24-21(27)18-5-3-4-6-19(18)22(24)28/h3-10,14-15H,11-13H2,1-2H3,(H,23,26). The molecule has 1 fully saturated rings. The highest BCUT2D eigenvalue weighted by atomic mass is 16.5. The molecule has 150 valence electrons. The molecule has 0 saturated carbocycles. The predicted octanol–water partition coefficient (Wildman–Crippen LogP) is 2.53. The van der Waals surface area contributed by atoms with Gasteiger partial charge >= 0.3 is 0 Å².